The maximum absolute atomic E-state index is 13.0. The van der Waals surface area contributed by atoms with Crippen molar-refractivity contribution in [1.82, 2.24) is 9.62 Å². The topological polar surface area (TPSA) is 66.5 Å². The highest BCUT2D eigenvalue weighted by molar-refractivity contribution is 7.89. The second kappa shape index (κ2) is 10.0. The first-order valence-electron chi connectivity index (χ1n) is 10.4. The monoisotopic (exact) mass is 414 g/mol. The number of rotatable bonds is 7. The number of carbonyl (C=O) groups excluding carboxylic acids is 1. The van der Waals surface area contributed by atoms with Gasteiger partial charge in [0.15, 0.2) is 0 Å². The van der Waals surface area contributed by atoms with Crippen LogP contribution in [0.3, 0.4) is 0 Å². The number of hydrogen-bond acceptors (Lipinski definition) is 3. The van der Waals surface area contributed by atoms with Gasteiger partial charge in [-0.05, 0) is 55.9 Å². The highest BCUT2D eigenvalue weighted by atomic mass is 32.2. The van der Waals surface area contributed by atoms with E-state index in [1.165, 1.54) is 11.6 Å². The third kappa shape index (κ3) is 5.67. The molecule has 1 amide bonds. The van der Waals surface area contributed by atoms with Crippen LogP contribution in [0.5, 0.6) is 0 Å². The molecule has 1 saturated heterocycles. The maximum Gasteiger partial charge on any atom is 0.251 e. The molecule has 1 aliphatic rings. The van der Waals surface area contributed by atoms with Crippen LogP contribution in [-0.4, -0.2) is 38.3 Å². The van der Waals surface area contributed by atoms with Gasteiger partial charge in [0.05, 0.1) is 4.90 Å². The van der Waals surface area contributed by atoms with E-state index in [1.54, 1.807) is 16.4 Å². The van der Waals surface area contributed by atoms with Crippen LogP contribution in [0.15, 0.2) is 53.4 Å². The fourth-order valence-electron chi connectivity index (χ4n) is 3.67. The third-order valence-corrected chi connectivity index (χ3v) is 7.32. The van der Waals surface area contributed by atoms with Gasteiger partial charge in [-0.15, -0.1) is 0 Å². The lowest BCUT2D eigenvalue weighted by atomic mass is 10.1. The number of carbonyl (C=O) groups is 1. The van der Waals surface area contributed by atoms with E-state index < -0.39 is 10.0 Å². The lowest BCUT2D eigenvalue weighted by Gasteiger charge is -2.20. The number of hydrogen-bond donors (Lipinski definition) is 1. The highest BCUT2D eigenvalue weighted by Gasteiger charge is 2.26. The van der Waals surface area contributed by atoms with Crippen LogP contribution in [0, 0.1) is 6.92 Å². The van der Waals surface area contributed by atoms with Crippen LogP contribution in [0.25, 0.3) is 0 Å². The van der Waals surface area contributed by atoms with Crippen molar-refractivity contribution < 1.29 is 13.2 Å². The molecule has 0 radical (unpaired) electrons. The second-order valence-electron chi connectivity index (χ2n) is 7.64. The third-order valence-electron chi connectivity index (χ3n) is 5.43. The van der Waals surface area contributed by atoms with Crippen LogP contribution in [0.2, 0.25) is 0 Å². The fourth-order valence-corrected chi connectivity index (χ4v) is 5.22. The molecular formula is C23H30N2O3S. The van der Waals surface area contributed by atoms with Crippen LogP contribution < -0.4 is 5.32 Å². The van der Waals surface area contributed by atoms with Crippen molar-refractivity contribution in [3.63, 3.8) is 0 Å². The first-order valence-corrected chi connectivity index (χ1v) is 11.9. The molecule has 0 aromatic heterocycles. The van der Waals surface area contributed by atoms with Gasteiger partial charge in [0.1, 0.15) is 0 Å². The first-order chi connectivity index (χ1) is 14.0. The smallest absolute Gasteiger partial charge is 0.251 e. The zero-order chi connectivity index (χ0) is 20.7. The summed E-state index contributed by atoms with van der Waals surface area (Å²) in [6, 6.07) is 15.0. The summed E-state index contributed by atoms with van der Waals surface area (Å²) in [4.78, 5) is 12.9. The van der Waals surface area contributed by atoms with E-state index in [1.807, 2.05) is 25.1 Å². The molecule has 1 heterocycles. The zero-order valence-corrected chi connectivity index (χ0v) is 17.9. The molecule has 1 aliphatic heterocycles. The maximum atomic E-state index is 13.0. The summed E-state index contributed by atoms with van der Waals surface area (Å²) in [7, 11) is -3.57. The van der Waals surface area contributed by atoms with E-state index >= 15 is 0 Å². The Morgan fingerprint density at radius 3 is 2.38 bits per heavy atom. The van der Waals surface area contributed by atoms with Gasteiger partial charge < -0.3 is 5.32 Å². The number of nitrogens with zero attached hydrogens (tertiary/aromatic N) is 1. The SMILES string of the molecule is Cc1ccc(S(=O)(=O)N2CCCCCC2)cc1C(=O)NCCCc1ccccc1. The Hall–Kier alpha value is -2.18. The summed E-state index contributed by atoms with van der Waals surface area (Å²) in [5.74, 6) is -0.219. The molecule has 2 aromatic rings. The van der Waals surface area contributed by atoms with Gasteiger partial charge >= 0.3 is 0 Å². The molecule has 2 aromatic carbocycles. The Bertz CT molecular complexity index is 918. The summed E-state index contributed by atoms with van der Waals surface area (Å²) in [5.41, 5.74) is 2.45. The molecule has 0 atom stereocenters. The van der Waals surface area contributed by atoms with Crippen LogP contribution >= 0.6 is 0 Å². The molecule has 1 N–H and O–H groups in total. The Morgan fingerprint density at radius 1 is 1.00 bits per heavy atom. The summed E-state index contributed by atoms with van der Waals surface area (Å²) in [6.45, 7) is 3.49. The van der Waals surface area contributed by atoms with Crippen molar-refractivity contribution in [1.29, 1.82) is 0 Å². The van der Waals surface area contributed by atoms with Crippen molar-refractivity contribution in [2.24, 2.45) is 0 Å². The van der Waals surface area contributed by atoms with Crippen LogP contribution in [0.4, 0.5) is 0 Å². The van der Waals surface area contributed by atoms with Gasteiger partial charge in [0, 0.05) is 25.2 Å². The average molecular weight is 415 g/mol. The minimum Gasteiger partial charge on any atom is -0.352 e. The van der Waals surface area contributed by atoms with Crippen molar-refractivity contribution in [3.8, 4) is 0 Å². The van der Waals surface area contributed by atoms with Crippen molar-refractivity contribution in [2.75, 3.05) is 19.6 Å². The number of nitrogens with one attached hydrogen (secondary N) is 1. The van der Waals surface area contributed by atoms with Gasteiger partial charge in [0.2, 0.25) is 10.0 Å². The fraction of sp³-hybridized carbons (Fsp3) is 0.435. The lowest BCUT2D eigenvalue weighted by molar-refractivity contribution is 0.0952. The molecule has 29 heavy (non-hydrogen) atoms. The standard InChI is InChI=1S/C23H30N2O3S/c1-19-13-14-21(29(27,28)25-16-7-2-3-8-17-25)18-22(19)23(26)24-15-9-12-20-10-5-4-6-11-20/h4-6,10-11,13-14,18H,2-3,7-9,12,15-17H2,1H3,(H,24,26). The Kier molecular flexibility index (Phi) is 7.45. The molecule has 5 nitrogen and oxygen atoms in total. The van der Waals surface area contributed by atoms with Crippen molar-refractivity contribution in [3.05, 3.63) is 65.2 Å². The Morgan fingerprint density at radius 2 is 1.69 bits per heavy atom. The predicted octanol–water partition coefficient (Wildman–Crippen LogP) is 3.92. The second-order valence-corrected chi connectivity index (χ2v) is 9.58. The highest BCUT2D eigenvalue weighted by Crippen LogP contribution is 2.22. The number of aryl methyl sites for hydroxylation is 2. The number of benzene rings is 2. The molecule has 0 unspecified atom stereocenters. The summed E-state index contributed by atoms with van der Waals surface area (Å²) in [5, 5.41) is 2.93. The van der Waals surface area contributed by atoms with Crippen molar-refractivity contribution >= 4 is 15.9 Å². The molecule has 0 spiro atoms. The van der Waals surface area contributed by atoms with Gasteiger partial charge in [0.25, 0.3) is 5.91 Å². The van der Waals surface area contributed by atoms with Crippen LogP contribution in [0.1, 0.15) is 53.6 Å². The molecule has 1 fully saturated rings. The predicted molar refractivity (Wildman–Crippen MR) is 116 cm³/mol. The zero-order valence-electron chi connectivity index (χ0n) is 17.1. The summed E-state index contributed by atoms with van der Waals surface area (Å²) in [6.07, 6.45) is 5.64. The molecule has 156 valence electrons. The number of sulfonamides is 1. The van der Waals surface area contributed by atoms with E-state index in [4.69, 9.17) is 0 Å². The Balaban J connectivity index is 1.65. The lowest BCUT2D eigenvalue weighted by Crippen LogP contribution is -2.32. The molecule has 6 heteroatoms. The van der Waals surface area contributed by atoms with Gasteiger partial charge in [-0.1, -0.05) is 49.2 Å². The molecule has 3 rings (SSSR count). The van der Waals surface area contributed by atoms with E-state index in [-0.39, 0.29) is 10.8 Å². The van der Waals surface area contributed by atoms with Gasteiger partial charge in [-0.2, -0.15) is 4.31 Å². The first kappa shape index (κ1) is 21.5. The summed E-state index contributed by atoms with van der Waals surface area (Å²) >= 11 is 0. The van der Waals surface area contributed by atoms with E-state index in [0.29, 0.717) is 25.2 Å². The number of amides is 1. The van der Waals surface area contributed by atoms with E-state index in [2.05, 4.69) is 17.4 Å². The molecule has 0 aliphatic carbocycles. The van der Waals surface area contributed by atoms with E-state index in [9.17, 15) is 13.2 Å². The van der Waals surface area contributed by atoms with Gasteiger partial charge in [-0.25, -0.2) is 8.42 Å². The summed E-state index contributed by atoms with van der Waals surface area (Å²) < 4.78 is 27.6. The molecule has 0 bridgehead atoms. The minimum absolute atomic E-state index is 0.208. The van der Waals surface area contributed by atoms with Gasteiger partial charge in [-0.3, -0.25) is 4.79 Å². The normalized spacial score (nSPS) is 15.6. The largest absolute Gasteiger partial charge is 0.352 e. The van der Waals surface area contributed by atoms with Crippen LogP contribution in [-0.2, 0) is 16.4 Å². The quantitative estimate of drug-likeness (QED) is 0.698. The van der Waals surface area contributed by atoms with Crippen molar-refractivity contribution in [2.45, 2.75) is 50.3 Å². The molecule has 0 saturated carbocycles. The minimum atomic E-state index is -3.57. The Labute approximate surface area is 174 Å². The molecular weight excluding hydrogens is 384 g/mol. The average Bonchev–Trinajstić information content (AvgIpc) is 3.02. The van der Waals surface area contributed by atoms with E-state index in [0.717, 1.165) is 44.1 Å².